The highest BCUT2D eigenvalue weighted by atomic mass is 32.1. The molecule has 0 saturated heterocycles. The molecule has 0 fully saturated rings. The first-order valence-corrected chi connectivity index (χ1v) is 7.21. The highest BCUT2D eigenvalue weighted by Crippen LogP contribution is 2.24. The fraction of sp³-hybridized carbons (Fsp3) is 0.400. The summed E-state index contributed by atoms with van der Waals surface area (Å²) in [5.41, 5.74) is 2.73. The van der Waals surface area contributed by atoms with Gasteiger partial charge in [0.05, 0.1) is 10.7 Å². The van der Waals surface area contributed by atoms with Gasteiger partial charge in [-0.05, 0) is 44.9 Å². The van der Waals surface area contributed by atoms with E-state index in [1.54, 1.807) is 24.3 Å². The maximum atomic E-state index is 13.5. The molecule has 2 nitrogen and oxygen atoms in total. The molecule has 0 aliphatic carbocycles. The molecule has 1 atom stereocenters. The van der Waals surface area contributed by atoms with E-state index in [-0.39, 0.29) is 11.9 Å². The molecule has 0 bridgehead atoms. The van der Waals surface area contributed by atoms with Crippen LogP contribution in [0.4, 0.5) is 4.39 Å². The van der Waals surface area contributed by atoms with Gasteiger partial charge in [0.15, 0.2) is 0 Å². The minimum Gasteiger partial charge on any atom is -0.305 e. The summed E-state index contributed by atoms with van der Waals surface area (Å²) in [6, 6.07) is 5.61. The lowest BCUT2D eigenvalue weighted by molar-refractivity contribution is 0.572. The van der Waals surface area contributed by atoms with Gasteiger partial charge >= 0.3 is 0 Å². The fourth-order valence-corrected chi connectivity index (χ4v) is 3.01. The van der Waals surface area contributed by atoms with Gasteiger partial charge in [0, 0.05) is 17.5 Å². The van der Waals surface area contributed by atoms with Crippen molar-refractivity contribution in [2.45, 2.75) is 40.3 Å². The molecule has 1 aromatic carbocycles. The van der Waals surface area contributed by atoms with Crippen LogP contribution in [0.5, 0.6) is 0 Å². The molecule has 19 heavy (non-hydrogen) atoms. The Kier molecular flexibility index (Phi) is 4.32. The van der Waals surface area contributed by atoms with Gasteiger partial charge in [-0.25, -0.2) is 9.37 Å². The van der Waals surface area contributed by atoms with E-state index in [4.69, 9.17) is 0 Å². The second kappa shape index (κ2) is 5.80. The maximum Gasteiger partial charge on any atom is 0.126 e. The Morgan fingerprint density at radius 3 is 2.63 bits per heavy atom. The summed E-state index contributed by atoms with van der Waals surface area (Å²) in [6.07, 6.45) is 0. The van der Waals surface area contributed by atoms with Gasteiger partial charge in [0.2, 0.25) is 0 Å². The molecule has 102 valence electrons. The first-order valence-electron chi connectivity index (χ1n) is 6.39. The first kappa shape index (κ1) is 14.2. The number of rotatable bonds is 4. The lowest BCUT2D eigenvalue weighted by atomic mass is 10.1. The molecular weight excluding hydrogens is 259 g/mol. The molecule has 1 N–H and O–H groups in total. The number of nitrogens with zero attached hydrogens (tertiary/aromatic N) is 1. The van der Waals surface area contributed by atoms with Crippen LogP contribution < -0.4 is 5.32 Å². The maximum absolute atomic E-state index is 13.5. The molecule has 4 heteroatoms. The molecule has 0 aliphatic heterocycles. The predicted octanol–water partition coefficient (Wildman–Crippen LogP) is 4.06. The number of nitrogens with one attached hydrogen (secondary N) is 1. The zero-order chi connectivity index (χ0) is 14.0. The summed E-state index contributed by atoms with van der Waals surface area (Å²) >= 11 is 1.72. The fourth-order valence-electron chi connectivity index (χ4n) is 2.06. The monoisotopic (exact) mass is 278 g/mol. The zero-order valence-electron chi connectivity index (χ0n) is 11.7. The zero-order valence-corrected chi connectivity index (χ0v) is 12.6. The average Bonchev–Trinajstić information content (AvgIpc) is 2.70. The molecule has 2 rings (SSSR count). The number of thiazole rings is 1. The van der Waals surface area contributed by atoms with Crippen molar-refractivity contribution in [1.29, 1.82) is 0 Å². The quantitative estimate of drug-likeness (QED) is 0.912. The van der Waals surface area contributed by atoms with Crippen LogP contribution in [0.25, 0.3) is 0 Å². The Balaban J connectivity index is 2.02. The predicted molar refractivity (Wildman–Crippen MR) is 78.0 cm³/mol. The van der Waals surface area contributed by atoms with Crippen molar-refractivity contribution >= 4 is 11.3 Å². The molecule has 0 radical (unpaired) electrons. The van der Waals surface area contributed by atoms with Crippen LogP contribution in [0.15, 0.2) is 18.2 Å². The van der Waals surface area contributed by atoms with Crippen LogP contribution >= 0.6 is 11.3 Å². The largest absolute Gasteiger partial charge is 0.305 e. The van der Waals surface area contributed by atoms with E-state index in [1.807, 2.05) is 26.0 Å². The Bertz CT molecular complexity index is 578. The number of hydrogen-bond donors (Lipinski definition) is 1. The Hall–Kier alpha value is -1.26. The molecule has 2 aromatic rings. The van der Waals surface area contributed by atoms with Gasteiger partial charge in [0.1, 0.15) is 5.82 Å². The van der Waals surface area contributed by atoms with Gasteiger partial charge in [-0.3, -0.25) is 0 Å². The third kappa shape index (κ3) is 3.39. The van der Waals surface area contributed by atoms with Crippen LogP contribution in [0.1, 0.15) is 39.7 Å². The van der Waals surface area contributed by atoms with Crippen molar-refractivity contribution in [1.82, 2.24) is 10.3 Å². The molecule has 0 aliphatic rings. The van der Waals surface area contributed by atoms with E-state index in [1.165, 1.54) is 4.88 Å². The third-order valence-electron chi connectivity index (χ3n) is 3.18. The SMILES string of the molecule is Cc1nc(C)c(C(C)NCc2ccc(C)c(F)c2)s1. The molecule has 0 amide bonds. The molecule has 0 saturated carbocycles. The van der Waals surface area contributed by atoms with E-state index in [9.17, 15) is 4.39 Å². The summed E-state index contributed by atoms with van der Waals surface area (Å²) in [5, 5.41) is 4.51. The second-order valence-electron chi connectivity index (χ2n) is 4.87. The van der Waals surface area contributed by atoms with E-state index in [2.05, 4.69) is 17.2 Å². The van der Waals surface area contributed by atoms with Crippen LogP contribution in [0.3, 0.4) is 0 Å². The standard InChI is InChI=1S/C15H19FN2S/c1-9-5-6-13(7-14(9)16)8-17-10(2)15-11(3)18-12(4)19-15/h5-7,10,17H,8H2,1-4H3. The van der Waals surface area contributed by atoms with Crippen molar-refractivity contribution in [3.63, 3.8) is 0 Å². The van der Waals surface area contributed by atoms with Gasteiger partial charge < -0.3 is 5.32 Å². The van der Waals surface area contributed by atoms with Gasteiger partial charge in [-0.2, -0.15) is 0 Å². The molecule has 1 unspecified atom stereocenters. The molecular formula is C15H19FN2S. The number of benzene rings is 1. The van der Waals surface area contributed by atoms with Crippen molar-refractivity contribution in [2.75, 3.05) is 0 Å². The topological polar surface area (TPSA) is 24.9 Å². The average molecular weight is 278 g/mol. The van der Waals surface area contributed by atoms with Crippen LogP contribution in [0, 0.1) is 26.6 Å². The molecule has 1 aromatic heterocycles. The first-order chi connectivity index (χ1) is 8.97. The normalized spacial score (nSPS) is 12.7. The number of aromatic nitrogens is 1. The van der Waals surface area contributed by atoms with Crippen molar-refractivity contribution < 1.29 is 4.39 Å². The Labute approximate surface area is 117 Å². The van der Waals surface area contributed by atoms with E-state index < -0.39 is 0 Å². The van der Waals surface area contributed by atoms with Gasteiger partial charge in [-0.1, -0.05) is 12.1 Å². The van der Waals surface area contributed by atoms with E-state index in [0.717, 1.165) is 16.3 Å². The lowest BCUT2D eigenvalue weighted by Crippen LogP contribution is -2.18. The highest BCUT2D eigenvalue weighted by molar-refractivity contribution is 7.11. The minimum atomic E-state index is -0.142. The molecule has 0 spiro atoms. The summed E-state index contributed by atoms with van der Waals surface area (Å²) in [7, 11) is 0. The smallest absolute Gasteiger partial charge is 0.126 e. The summed E-state index contributed by atoms with van der Waals surface area (Å²) in [5.74, 6) is -0.142. The third-order valence-corrected chi connectivity index (χ3v) is 4.44. The van der Waals surface area contributed by atoms with Crippen molar-refractivity contribution in [3.8, 4) is 0 Å². The van der Waals surface area contributed by atoms with Gasteiger partial charge in [0.25, 0.3) is 0 Å². The van der Waals surface area contributed by atoms with Crippen LogP contribution in [0.2, 0.25) is 0 Å². The minimum absolute atomic E-state index is 0.142. The summed E-state index contributed by atoms with van der Waals surface area (Å²) in [4.78, 5) is 5.69. The summed E-state index contributed by atoms with van der Waals surface area (Å²) < 4.78 is 13.5. The Morgan fingerprint density at radius 2 is 2.05 bits per heavy atom. The highest BCUT2D eigenvalue weighted by Gasteiger charge is 2.12. The van der Waals surface area contributed by atoms with E-state index in [0.29, 0.717) is 12.1 Å². The summed E-state index contributed by atoms with van der Waals surface area (Å²) in [6.45, 7) is 8.60. The van der Waals surface area contributed by atoms with Gasteiger partial charge in [-0.15, -0.1) is 11.3 Å². The molecule has 1 heterocycles. The van der Waals surface area contributed by atoms with Crippen LogP contribution in [-0.2, 0) is 6.54 Å². The number of halogens is 1. The second-order valence-corrected chi connectivity index (χ2v) is 6.10. The number of hydrogen-bond acceptors (Lipinski definition) is 3. The van der Waals surface area contributed by atoms with Crippen molar-refractivity contribution in [3.05, 3.63) is 50.7 Å². The Morgan fingerprint density at radius 1 is 1.32 bits per heavy atom. The number of aryl methyl sites for hydroxylation is 3. The van der Waals surface area contributed by atoms with Crippen LogP contribution in [-0.4, -0.2) is 4.98 Å². The van der Waals surface area contributed by atoms with E-state index >= 15 is 0 Å². The lowest BCUT2D eigenvalue weighted by Gasteiger charge is -2.13. The van der Waals surface area contributed by atoms with Crippen molar-refractivity contribution in [2.24, 2.45) is 0 Å².